The van der Waals surface area contributed by atoms with Gasteiger partial charge in [-0.15, -0.1) is 10.2 Å². The normalized spacial score (nSPS) is 11.4. The van der Waals surface area contributed by atoms with Gasteiger partial charge in [-0.1, -0.05) is 48.5 Å². The van der Waals surface area contributed by atoms with Crippen LogP contribution in [0.3, 0.4) is 0 Å². The van der Waals surface area contributed by atoms with E-state index < -0.39 is 34.5 Å². The van der Waals surface area contributed by atoms with Gasteiger partial charge in [-0.05, 0) is 42.0 Å². The number of amides is 1. The van der Waals surface area contributed by atoms with E-state index in [2.05, 4.69) is 15.7 Å². The molecular weight excluding hydrogens is 552 g/mol. The second-order valence-electron chi connectivity index (χ2n) is 9.53. The number of aromatic nitrogens is 1. The van der Waals surface area contributed by atoms with Crippen LogP contribution >= 0.6 is 0 Å². The third-order valence-electron chi connectivity index (χ3n) is 6.87. The topological polar surface area (TPSA) is 193 Å². The van der Waals surface area contributed by atoms with Gasteiger partial charge >= 0.3 is 0 Å². The molecule has 0 saturated heterocycles. The first-order valence-corrected chi connectivity index (χ1v) is 12.9. The van der Waals surface area contributed by atoms with Crippen molar-refractivity contribution in [1.82, 2.24) is 4.68 Å². The fourth-order valence-electron chi connectivity index (χ4n) is 4.77. The lowest BCUT2D eigenvalue weighted by molar-refractivity contribution is 0.100. The highest BCUT2D eigenvalue weighted by Gasteiger charge is 2.25. The van der Waals surface area contributed by atoms with Crippen LogP contribution in [-0.2, 0) is 6.61 Å². The molecule has 0 atom stereocenters. The number of benzene rings is 3. The highest BCUT2D eigenvalue weighted by Crippen LogP contribution is 2.46. The molecule has 0 unspecified atom stereocenters. The number of hydrogen-bond donors (Lipinski definition) is 6. The van der Waals surface area contributed by atoms with Crippen molar-refractivity contribution in [3.8, 4) is 23.3 Å². The molecule has 6 N–H and O–H groups in total. The van der Waals surface area contributed by atoms with Gasteiger partial charge in [-0.25, -0.2) is 0 Å². The summed E-state index contributed by atoms with van der Waals surface area (Å²) < 4.78 is 6.74. The standard InChI is InChI=1S/C31H22N6O6/c32-18-11-12-19(33)23-22(18)27(38)26(28(23)39)35-34-20-13-14-21(43-15-16-7-3-1-4-8-16)25-24(20)30(41)37(31(25)42)36-29(40)17-9-5-2-6-10-17/h1-14,32-33,38,41-42H,15H2,(H,36,40). The predicted octanol–water partition coefficient (Wildman–Crippen LogP) is 4.06. The molecule has 0 bridgehead atoms. The number of hydrogen-bond acceptors (Lipinski definition) is 10. The van der Waals surface area contributed by atoms with Gasteiger partial charge in [0.1, 0.15) is 12.4 Å². The maximum Gasteiger partial charge on any atom is 0.270 e. The third kappa shape index (κ3) is 4.62. The Hall–Kier alpha value is -6.30. The first-order chi connectivity index (χ1) is 20.8. The van der Waals surface area contributed by atoms with E-state index in [1.807, 2.05) is 30.3 Å². The Morgan fingerprint density at radius 2 is 1.42 bits per heavy atom. The molecule has 43 heavy (non-hydrogen) atoms. The minimum absolute atomic E-state index is 0.000585. The maximum absolute atomic E-state index is 13.0. The smallest absolute Gasteiger partial charge is 0.270 e. The van der Waals surface area contributed by atoms with Gasteiger partial charge in [-0.3, -0.25) is 15.0 Å². The molecule has 0 radical (unpaired) electrons. The molecule has 0 saturated carbocycles. The van der Waals surface area contributed by atoms with Gasteiger partial charge in [0.05, 0.1) is 37.6 Å². The summed E-state index contributed by atoms with van der Waals surface area (Å²) in [6.45, 7) is 0.122. The number of ether oxygens (including phenoxy) is 1. The molecule has 212 valence electrons. The van der Waals surface area contributed by atoms with Gasteiger partial charge in [-0.2, -0.15) is 4.68 Å². The lowest BCUT2D eigenvalue weighted by Gasteiger charge is -2.09. The molecule has 1 aromatic heterocycles. The van der Waals surface area contributed by atoms with Crippen molar-refractivity contribution in [2.24, 2.45) is 10.2 Å². The van der Waals surface area contributed by atoms with Crippen LogP contribution in [0.2, 0.25) is 0 Å². The van der Waals surface area contributed by atoms with Crippen LogP contribution < -0.4 is 26.3 Å². The Labute approximate surface area is 241 Å². The van der Waals surface area contributed by atoms with Gasteiger partial charge < -0.3 is 30.9 Å². The molecule has 0 aliphatic heterocycles. The van der Waals surface area contributed by atoms with Crippen molar-refractivity contribution < 1.29 is 24.9 Å². The Balaban J connectivity index is 1.48. The van der Waals surface area contributed by atoms with Crippen LogP contribution in [-0.4, -0.2) is 25.9 Å². The largest absolute Gasteiger partial charge is 0.505 e. The number of rotatable bonds is 7. The molecule has 6 rings (SSSR count). The zero-order valence-corrected chi connectivity index (χ0v) is 22.2. The number of fused-ring (bicyclic) bond motifs is 1. The number of aromatic hydroxyl groups is 3. The van der Waals surface area contributed by atoms with Crippen molar-refractivity contribution in [2.75, 3.05) is 5.43 Å². The number of carbonyl (C=O) groups is 1. The lowest BCUT2D eigenvalue weighted by atomic mass is 10.1. The maximum atomic E-state index is 13.0. The lowest BCUT2D eigenvalue weighted by Crippen LogP contribution is -2.21. The average Bonchev–Trinajstić information content (AvgIpc) is 3.43. The van der Waals surface area contributed by atoms with E-state index in [1.165, 1.54) is 24.3 Å². The van der Waals surface area contributed by atoms with E-state index in [4.69, 9.17) is 15.6 Å². The fourth-order valence-corrected chi connectivity index (χ4v) is 4.77. The average molecular weight is 575 g/mol. The quantitative estimate of drug-likeness (QED) is 0.156. The van der Waals surface area contributed by atoms with Crippen LogP contribution in [0.25, 0.3) is 10.8 Å². The van der Waals surface area contributed by atoms with Crippen molar-refractivity contribution in [2.45, 2.75) is 6.61 Å². The van der Waals surface area contributed by atoms with E-state index in [9.17, 15) is 24.9 Å². The Morgan fingerprint density at radius 1 is 0.791 bits per heavy atom. The van der Waals surface area contributed by atoms with Gasteiger partial charge in [0.25, 0.3) is 5.91 Å². The molecule has 2 aliphatic carbocycles. The minimum atomic E-state index is -0.783. The molecule has 12 nitrogen and oxygen atoms in total. The van der Waals surface area contributed by atoms with E-state index in [1.54, 1.807) is 30.3 Å². The van der Waals surface area contributed by atoms with Crippen molar-refractivity contribution in [1.29, 1.82) is 10.8 Å². The fraction of sp³-hybridized carbons (Fsp3) is 0.0323. The summed E-state index contributed by atoms with van der Waals surface area (Å²) in [6.07, 6.45) is 0. The predicted molar refractivity (Wildman–Crippen MR) is 154 cm³/mol. The van der Waals surface area contributed by atoms with Crippen molar-refractivity contribution >= 4 is 28.1 Å². The van der Waals surface area contributed by atoms with E-state index in [0.717, 1.165) is 10.2 Å². The van der Waals surface area contributed by atoms with E-state index >= 15 is 0 Å². The number of carbonyl (C=O) groups excluding carboxylic acids is 1. The molecule has 1 amide bonds. The second kappa shape index (κ2) is 10.6. The highest BCUT2D eigenvalue weighted by atomic mass is 16.5. The molecule has 12 heteroatoms. The summed E-state index contributed by atoms with van der Waals surface area (Å²) in [4.78, 5) is 25.9. The Kier molecular flexibility index (Phi) is 6.63. The molecule has 0 spiro atoms. The monoisotopic (exact) mass is 574 g/mol. The zero-order chi connectivity index (χ0) is 30.2. The highest BCUT2D eigenvalue weighted by molar-refractivity contribution is 6.07. The molecule has 4 aromatic rings. The number of nitrogens with one attached hydrogen (secondary N) is 3. The minimum Gasteiger partial charge on any atom is -0.505 e. The first kappa shape index (κ1) is 26.9. The number of nitrogens with zero attached hydrogens (tertiary/aromatic N) is 3. The Bertz CT molecular complexity index is 2270. The summed E-state index contributed by atoms with van der Waals surface area (Å²) in [6, 6.07) is 22.9. The second-order valence-corrected chi connectivity index (χ2v) is 9.53. The molecule has 2 aliphatic rings. The van der Waals surface area contributed by atoms with Crippen molar-refractivity contribution in [3.05, 3.63) is 127 Å². The summed E-state index contributed by atoms with van der Waals surface area (Å²) >= 11 is 0. The van der Waals surface area contributed by atoms with Crippen molar-refractivity contribution in [3.63, 3.8) is 0 Å². The SMILES string of the molecule is N=c1ccc(=N)c2c(=O)c(N=Nc3ccc(OCc4ccccc4)c4c(O)n(NC(=O)c5ccccc5)c(O)c34)c(O)c1=2. The summed E-state index contributed by atoms with van der Waals surface area (Å²) in [7, 11) is 0. The van der Waals surface area contributed by atoms with Gasteiger partial charge in [0.2, 0.25) is 17.2 Å². The van der Waals surface area contributed by atoms with Gasteiger partial charge in [0, 0.05) is 5.56 Å². The van der Waals surface area contributed by atoms with E-state index in [0.29, 0.717) is 0 Å². The van der Waals surface area contributed by atoms with Crippen LogP contribution in [0.1, 0.15) is 15.9 Å². The van der Waals surface area contributed by atoms with Crippen LogP contribution in [0.5, 0.6) is 23.3 Å². The molecule has 1 heterocycles. The summed E-state index contributed by atoms with van der Waals surface area (Å²) in [5.41, 5.74) is 2.25. The van der Waals surface area contributed by atoms with Gasteiger partial charge in [0.15, 0.2) is 11.4 Å². The van der Waals surface area contributed by atoms with Crippen LogP contribution in [0.15, 0.2) is 100.0 Å². The molecule has 3 aromatic carbocycles. The third-order valence-corrected chi connectivity index (χ3v) is 6.87. The number of azo groups is 1. The Morgan fingerprint density at radius 3 is 2.09 bits per heavy atom. The summed E-state index contributed by atoms with van der Waals surface area (Å²) in [5, 5.41) is 56.5. The molecular formula is C31H22N6O6. The molecule has 0 fully saturated rings. The summed E-state index contributed by atoms with van der Waals surface area (Å²) in [5.74, 6) is -2.22. The van der Waals surface area contributed by atoms with E-state index in [-0.39, 0.29) is 55.5 Å². The zero-order valence-electron chi connectivity index (χ0n) is 22.2. The van der Waals surface area contributed by atoms with Crippen LogP contribution in [0.4, 0.5) is 11.4 Å². The van der Waals surface area contributed by atoms with Crippen LogP contribution in [0, 0.1) is 21.3 Å². The first-order valence-electron chi connectivity index (χ1n) is 12.9.